The lowest BCUT2D eigenvalue weighted by Gasteiger charge is -2.07. The summed E-state index contributed by atoms with van der Waals surface area (Å²) < 4.78 is 5.81. The smallest absolute Gasteiger partial charge is 0.253 e. The highest BCUT2D eigenvalue weighted by Crippen LogP contribution is 2.33. The van der Waals surface area contributed by atoms with Gasteiger partial charge in [0.2, 0.25) is 5.78 Å². The number of H-pyrrole nitrogens is 1. The van der Waals surface area contributed by atoms with Gasteiger partial charge in [-0.1, -0.05) is 42.0 Å². The number of rotatable bonds is 6. The van der Waals surface area contributed by atoms with Crippen molar-refractivity contribution in [2.24, 2.45) is 5.73 Å². The van der Waals surface area contributed by atoms with Gasteiger partial charge >= 0.3 is 0 Å². The summed E-state index contributed by atoms with van der Waals surface area (Å²) in [6, 6.07) is 22.0. The van der Waals surface area contributed by atoms with Gasteiger partial charge in [-0.3, -0.25) is 9.59 Å². The van der Waals surface area contributed by atoms with Crippen LogP contribution < -0.4 is 16.2 Å². The summed E-state index contributed by atoms with van der Waals surface area (Å²) in [5.74, 6) is 0.339. The van der Waals surface area contributed by atoms with Crippen LogP contribution in [0.1, 0.15) is 37.5 Å². The molecule has 0 atom stereocenters. The molecular weight excluding hydrogens is 402 g/mol. The quantitative estimate of drug-likeness (QED) is 0.377. The van der Waals surface area contributed by atoms with E-state index < -0.39 is 5.91 Å². The van der Waals surface area contributed by atoms with Gasteiger partial charge in [0.1, 0.15) is 17.2 Å². The zero-order chi connectivity index (χ0) is 22.8. The van der Waals surface area contributed by atoms with E-state index in [4.69, 9.17) is 16.2 Å². The van der Waals surface area contributed by atoms with Crippen LogP contribution in [0.15, 0.2) is 72.8 Å². The number of carbonyl (C=O) groups is 2. The van der Waals surface area contributed by atoms with Crippen molar-refractivity contribution in [3.8, 4) is 22.8 Å². The number of benzene rings is 3. The number of primary amides is 1. The van der Waals surface area contributed by atoms with E-state index in [1.54, 1.807) is 30.3 Å². The van der Waals surface area contributed by atoms with Crippen molar-refractivity contribution >= 4 is 17.4 Å². The lowest BCUT2D eigenvalue weighted by Crippen LogP contribution is -2.14. The summed E-state index contributed by atoms with van der Waals surface area (Å²) in [6.07, 6.45) is 0. The zero-order valence-corrected chi connectivity index (χ0v) is 17.8. The van der Waals surface area contributed by atoms with Crippen LogP contribution in [-0.4, -0.2) is 16.7 Å². The molecule has 1 amide bonds. The van der Waals surface area contributed by atoms with Crippen LogP contribution in [0.4, 0.5) is 5.69 Å². The van der Waals surface area contributed by atoms with Crippen LogP contribution >= 0.6 is 0 Å². The van der Waals surface area contributed by atoms with E-state index in [0.717, 1.165) is 11.1 Å². The first-order valence-electron chi connectivity index (χ1n) is 10.1. The molecule has 5 N–H and O–H groups in total. The number of ketones is 1. The molecule has 0 spiro atoms. The Labute approximate surface area is 185 Å². The maximum absolute atomic E-state index is 13.2. The van der Waals surface area contributed by atoms with Gasteiger partial charge in [-0.15, -0.1) is 0 Å². The van der Waals surface area contributed by atoms with Gasteiger partial charge in [0.25, 0.3) is 5.91 Å². The first-order chi connectivity index (χ1) is 15.3. The highest BCUT2D eigenvalue weighted by atomic mass is 16.5. The van der Waals surface area contributed by atoms with Crippen LogP contribution in [0.5, 0.6) is 11.5 Å². The number of ether oxygens (including phenoxy) is 1. The first-order valence-corrected chi connectivity index (χ1v) is 10.1. The van der Waals surface area contributed by atoms with Gasteiger partial charge in [-0.05, 0) is 61.4 Å². The normalized spacial score (nSPS) is 10.7. The molecule has 1 aromatic heterocycles. The van der Waals surface area contributed by atoms with Gasteiger partial charge in [0, 0.05) is 5.56 Å². The van der Waals surface area contributed by atoms with Crippen molar-refractivity contribution in [2.45, 2.75) is 13.8 Å². The molecule has 32 heavy (non-hydrogen) atoms. The lowest BCUT2D eigenvalue weighted by atomic mass is 9.99. The number of para-hydroxylation sites is 1. The molecule has 0 unspecified atom stereocenters. The minimum atomic E-state index is -0.710. The van der Waals surface area contributed by atoms with E-state index in [1.165, 1.54) is 0 Å². The number of hydrogen-bond donors (Lipinski definition) is 3. The Bertz CT molecular complexity index is 1310. The van der Waals surface area contributed by atoms with E-state index >= 15 is 0 Å². The standard InChI is InChI=1S/C26H23N3O3/c1-15-8-13-20(16(2)14-15)25(30)24-22(27)21(26(28)31)23(29-24)17-9-11-19(12-10-17)32-18-6-4-3-5-7-18/h3-14,29H,27H2,1-2H3,(H2,28,31). The molecule has 0 saturated carbocycles. The van der Waals surface area contributed by atoms with Gasteiger partial charge in [-0.25, -0.2) is 0 Å². The second-order valence-electron chi connectivity index (χ2n) is 7.61. The predicted molar refractivity (Wildman–Crippen MR) is 125 cm³/mol. The van der Waals surface area contributed by atoms with Gasteiger partial charge in [0.05, 0.1) is 16.9 Å². The van der Waals surface area contributed by atoms with Crippen LogP contribution in [0.3, 0.4) is 0 Å². The minimum Gasteiger partial charge on any atom is -0.457 e. The first kappa shape index (κ1) is 20.9. The van der Waals surface area contributed by atoms with Gasteiger partial charge in [-0.2, -0.15) is 0 Å². The van der Waals surface area contributed by atoms with E-state index in [2.05, 4.69) is 4.98 Å². The number of nitrogens with two attached hydrogens (primary N) is 2. The summed E-state index contributed by atoms with van der Waals surface area (Å²) in [5, 5.41) is 0. The number of carbonyl (C=O) groups excluding carboxylic acids is 2. The zero-order valence-electron chi connectivity index (χ0n) is 17.8. The molecule has 0 bridgehead atoms. The Morgan fingerprint density at radius 2 is 1.53 bits per heavy atom. The summed E-state index contributed by atoms with van der Waals surface area (Å²) in [7, 11) is 0. The van der Waals surface area contributed by atoms with Crippen molar-refractivity contribution < 1.29 is 14.3 Å². The maximum Gasteiger partial charge on any atom is 0.253 e. The molecule has 3 aromatic carbocycles. The molecular formula is C26H23N3O3. The fraction of sp³-hybridized carbons (Fsp3) is 0.0769. The van der Waals surface area contributed by atoms with Crippen LogP contribution in [0, 0.1) is 13.8 Å². The van der Waals surface area contributed by atoms with Crippen LogP contribution in [0.25, 0.3) is 11.3 Å². The SMILES string of the molecule is Cc1ccc(C(=O)c2[nH]c(-c3ccc(Oc4ccccc4)cc3)c(C(N)=O)c2N)c(C)c1. The van der Waals surface area contributed by atoms with Crippen molar-refractivity contribution in [1.29, 1.82) is 0 Å². The number of amides is 1. The number of aromatic nitrogens is 1. The number of anilines is 1. The molecule has 0 radical (unpaired) electrons. The summed E-state index contributed by atoms with van der Waals surface area (Å²) in [5.41, 5.74) is 15.6. The monoisotopic (exact) mass is 425 g/mol. The molecule has 0 aliphatic carbocycles. The Hall–Kier alpha value is -4.32. The highest BCUT2D eigenvalue weighted by Gasteiger charge is 2.25. The predicted octanol–water partition coefficient (Wildman–Crippen LogP) is 5.00. The Morgan fingerprint density at radius 3 is 2.16 bits per heavy atom. The summed E-state index contributed by atoms with van der Waals surface area (Å²) >= 11 is 0. The number of nitrogens with one attached hydrogen (secondary N) is 1. The molecule has 0 aliphatic heterocycles. The molecule has 4 rings (SSSR count). The topological polar surface area (TPSA) is 111 Å². The van der Waals surface area contributed by atoms with E-state index in [0.29, 0.717) is 28.3 Å². The number of hydrogen-bond acceptors (Lipinski definition) is 4. The molecule has 0 saturated heterocycles. The Kier molecular flexibility index (Phi) is 5.52. The molecule has 6 heteroatoms. The van der Waals surface area contributed by atoms with E-state index in [9.17, 15) is 9.59 Å². The summed E-state index contributed by atoms with van der Waals surface area (Å²) in [4.78, 5) is 28.4. The third kappa shape index (κ3) is 3.98. The molecule has 160 valence electrons. The average molecular weight is 425 g/mol. The number of nitrogen functional groups attached to an aromatic ring is 1. The van der Waals surface area contributed by atoms with Crippen molar-refractivity contribution in [3.05, 3.63) is 101 Å². The molecule has 1 heterocycles. The maximum atomic E-state index is 13.2. The summed E-state index contributed by atoms with van der Waals surface area (Å²) in [6.45, 7) is 3.82. The minimum absolute atomic E-state index is 0.0436. The fourth-order valence-electron chi connectivity index (χ4n) is 3.68. The van der Waals surface area contributed by atoms with Crippen LogP contribution in [-0.2, 0) is 0 Å². The van der Waals surface area contributed by atoms with Crippen LogP contribution in [0.2, 0.25) is 0 Å². The molecule has 6 nitrogen and oxygen atoms in total. The largest absolute Gasteiger partial charge is 0.457 e. The van der Waals surface area contributed by atoms with E-state index in [1.807, 2.05) is 56.3 Å². The number of aromatic amines is 1. The Balaban J connectivity index is 1.71. The molecule has 4 aromatic rings. The van der Waals surface area contributed by atoms with Gasteiger partial charge < -0.3 is 21.2 Å². The third-order valence-corrected chi connectivity index (χ3v) is 5.26. The average Bonchev–Trinajstić information content (AvgIpc) is 3.12. The van der Waals surface area contributed by atoms with E-state index in [-0.39, 0.29) is 22.7 Å². The third-order valence-electron chi connectivity index (χ3n) is 5.26. The van der Waals surface area contributed by atoms with Gasteiger partial charge in [0.15, 0.2) is 0 Å². The second kappa shape index (κ2) is 8.43. The molecule has 0 aliphatic rings. The fourth-order valence-corrected chi connectivity index (χ4v) is 3.68. The lowest BCUT2D eigenvalue weighted by molar-refractivity contribution is 0.100. The van der Waals surface area contributed by atoms with Crippen molar-refractivity contribution in [3.63, 3.8) is 0 Å². The number of aryl methyl sites for hydroxylation is 2. The molecule has 0 fully saturated rings. The Morgan fingerprint density at radius 1 is 0.875 bits per heavy atom. The van der Waals surface area contributed by atoms with Crippen molar-refractivity contribution in [2.75, 3.05) is 5.73 Å². The van der Waals surface area contributed by atoms with Crippen molar-refractivity contribution in [1.82, 2.24) is 4.98 Å². The highest BCUT2D eigenvalue weighted by molar-refractivity contribution is 6.16. The second-order valence-corrected chi connectivity index (χ2v) is 7.61.